The molecule has 0 aliphatic carbocycles. The van der Waals surface area contributed by atoms with E-state index in [2.05, 4.69) is 5.32 Å². The Bertz CT molecular complexity index is 724. The minimum absolute atomic E-state index is 0.0302. The summed E-state index contributed by atoms with van der Waals surface area (Å²) < 4.78 is 0. The van der Waals surface area contributed by atoms with Gasteiger partial charge in [-0.15, -0.1) is 0 Å². The average molecular weight is 300 g/mol. The highest BCUT2D eigenvalue weighted by Gasteiger charge is 2.16. The molecule has 0 radical (unpaired) electrons. The number of amides is 1. The number of carbonyl (C=O) groups excluding carboxylic acids is 2. The molecule has 0 spiro atoms. The van der Waals surface area contributed by atoms with E-state index in [4.69, 9.17) is 11.6 Å². The molecule has 0 fully saturated rings. The zero-order valence-corrected chi connectivity index (χ0v) is 12.1. The number of benzene rings is 2. The lowest BCUT2D eigenvalue weighted by Gasteiger charge is -2.09. The molecule has 0 aromatic heterocycles. The number of fused-ring (bicyclic) bond motifs is 1. The highest BCUT2D eigenvalue weighted by atomic mass is 35.5. The van der Waals surface area contributed by atoms with Gasteiger partial charge in [0.25, 0.3) is 0 Å². The molecule has 4 heteroatoms. The molecule has 1 aliphatic rings. The Morgan fingerprint density at radius 2 is 1.86 bits per heavy atom. The second kappa shape index (κ2) is 5.70. The van der Waals surface area contributed by atoms with Crippen LogP contribution >= 0.6 is 11.6 Å². The summed E-state index contributed by atoms with van der Waals surface area (Å²) >= 11 is 5.93. The van der Waals surface area contributed by atoms with Gasteiger partial charge in [0.15, 0.2) is 5.78 Å². The summed E-state index contributed by atoms with van der Waals surface area (Å²) in [5.41, 5.74) is 3.00. The minimum atomic E-state index is -0.0594. The van der Waals surface area contributed by atoms with Gasteiger partial charge in [0.1, 0.15) is 0 Å². The summed E-state index contributed by atoms with van der Waals surface area (Å²) in [5.74, 6) is -0.0291. The van der Waals surface area contributed by atoms with Crippen molar-refractivity contribution in [3.63, 3.8) is 0 Å². The van der Waals surface area contributed by atoms with Crippen molar-refractivity contribution in [2.24, 2.45) is 0 Å². The molecule has 1 N–H and O–H groups in total. The van der Waals surface area contributed by atoms with Gasteiger partial charge < -0.3 is 5.32 Å². The van der Waals surface area contributed by atoms with Crippen molar-refractivity contribution in [2.45, 2.75) is 19.3 Å². The van der Waals surface area contributed by atoms with Crippen LogP contribution in [0.4, 0.5) is 5.69 Å². The number of halogens is 1. The Morgan fingerprint density at radius 1 is 1.05 bits per heavy atom. The molecule has 3 rings (SSSR count). The van der Waals surface area contributed by atoms with Gasteiger partial charge >= 0.3 is 0 Å². The van der Waals surface area contributed by atoms with Gasteiger partial charge in [-0.25, -0.2) is 0 Å². The normalized spacial score (nSPS) is 14.0. The largest absolute Gasteiger partial charge is 0.326 e. The first kappa shape index (κ1) is 13.8. The molecule has 2 aromatic carbocycles. The summed E-state index contributed by atoms with van der Waals surface area (Å²) in [7, 11) is 0. The molecule has 2 aromatic rings. The van der Waals surface area contributed by atoms with Crippen LogP contribution in [0.25, 0.3) is 0 Å². The van der Waals surface area contributed by atoms with Gasteiger partial charge in [0, 0.05) is 28.3 Å². The number of carbonyl (C=O) groups is 2. The Morgan fingerprint density at radius 3 is 2.67 bits per heavy atom. The maximum atomic E-state index is 12.5. The Kier molecular flexibility index (Phi) is 3.76. The van der Waals surface area contributed by atoms with Crippen LogP contribution in [0.2, 0.25) is 5.02 Å². The van der Waals surface area contributed by atoms with Crippen molar-refractivity contribution in [1.29, 1.82) is 0 Å². The number of rotatable bonds is 2. The Balaban J connectivity index is 1.95. The van der Waals surface area contributed by atoms with Crippen molar-refractivity contribution < 1.29 is 9.59 Å². The van der Waals surface area contributed by atoms with Gasteiger partial charge in [-0.1, -0.05) is 23.7 Å². The Hall–Kier alpha value is -2.13. The van der Waals surface area contributed by atoms with E-state index < -0.39 is 0 Å². The molecule has 0 saturated heterocycles. The van der Waals surface area contributed by atoms with Crippen LogP contribution in [0.1, 0.15) is 34.3 Å². The highest BCUT2D eigenvalue weighted by molar-refractivity contribution is 6.31. The second-order valence-corrected chi connectivity index (χ2v) is 5.55. The molecule has 0 unspecified atom stereocenters. The SMILES string of the molecule is O=C1CCCc2cc(C(=O)c3cccc(Cl)c3)ccc2N1. The quantitative estimate of drug-likeness (QED) is 0.856. The zero-order valence-electron chi connectivity index (χ0n) is 11.4. The molecular formula is C17H14ClNO2. The number of hydrogen-bond donors (Lipinski definition) is 1. The summed E-state index contributed by atoms with van der Waals surface area (Å²) in [5, 5.41) is 3.41. The van der Waals surface area contributed by atoms with E-state index in [-0.39, 0.29) is 11.7 Å². The Labute approximate surface area is 127 Å². The van der Waals surface area contributed by atoms with Crippen LogP contribution in [0, 0.1) is 0 Å². The van der Waals surface area contributed by atoms with E-state index in [0.29, 0.717) is 22.6 Å². The van der Waals surface area contributed by atoms with Crippen molar-refractivity contribution in [1.82, 2.24) is 0 Å². The molecular weight excluding hydrogens is 286 g/mol. The second-order valence-electron chi connectivity index (χ2n) is 5.11. The molecule has 0 atom stereocenters. The fourth-order valence-electron chi connectivity index (χ4n) is 2.51. The standard InChI is InChI=1S/C17H14ClNO2/c18-14-5-1-4-12(10-14)17(21)13-7-8-15-11(9-13)3-2-6-16(20)19-15/h1,4-5,7-10H,2-3,6H2,(H,19,20). The van der Waals surface area contributed by atoms with Gasteiger partial charge in [0.05, 0.1) is 0 Å². The highest BCUT2D eigenvalue weighted by Crippen LogP contribution is 2.24. The van der Waals surface area contributed by atoms with Crippen LogP contribution in [0.5, 0.6) is 0 Å². The van der Waals surface area contributed by atoms with Crippen LogP contribution in [0.15, 0.2) is 42.5 Å². The van der Waals surface area contributed by atoms with E-state index in [9.17, 15) is 9.59 Å². The van der Waals surface area contributed by atoms with Crippen molar-refractivity contribution in [3.8, 4) is 0 Å². The summed E-state index contributed by atoms with van der Waals surface area (Å²) in [6, 6.07) is 12.3. The fourth-order valence-corrected chi connectivity index (χ4v) is 2.70. The van der Waals surface area contributed by atoms with Gasteiger partial charge in [0.2, 0.25) is 5.91 Å². The topological polar surface area (TPSA) is 46.2 Å². The third-order valence-electron chi connectivity index (χ3n) is 3.58. The van der Waals surface area contributed by atoms with Crippen LogP contribution < -0.4 is 5.32 Å². The lowest BCUT2D eigenvalue weighted by Crippen LogP contribution is -2.09. The van der Waals surface area contributed by atoms with E-state index in [0.717, 1.165) is 24.1 Å². The lowest BCUT2D eigenvalue weighted by atomic mass is 9.98. The van der Waals surface area contributed by atoms with E-state index in [1.165, 1.54) is 0 Å². The van der Waals surface area contributed by atoms with Crippen LogP contribution in [-0.4, -0.2) is 11.7 Å². The average Bonchev–Trinajstić information content (AvgIpc) is 2.66. The van der Waals surface area contributed by atoms with E-state index in [1.807, 2.05) is 6.07 Å². The molecule has 106 valence electrons. The first-order chi connectivity index (χ1) is 10.1. The van der Waals surface area contributed by atoms with Crippen molar-refractivity contribution in [3.05, 3.63) is 64.2 Å². The molecule has 1 heterocycles. The third-order valence-corrected chi connectivity index (χ3v) is 3.81. The molecule has 0 bridgehead atoms. The molecule has 1 aliphatic heterocycles. The number of hydrogen-bond acceptors (Lipinski definition) is 2. The number of anilines is 1. The molecule has 1 amide bonds. The predicted molar refractivity (Wildman–Crippen MR) is 82.9 cm³/mol. The fraction of sp³-hybridized carbons (Fsp3) is 0.176. The summed E-state index contributed by atoms with van der Waals surface area (Å²) in [4.78, 5) is 24.0. The molecule has 3 nitrogen and oxygen atoms in total. The van der Waals surface area contributed by atoms with Gasteiger partial charge in [-0.05, 0) is 48.7 Å². The van der Waals surface area contributed by atoms with E-state index in [1.54, 1.807) is 36.4 Å². The number of nitrogens with one attached hydrogen (secondary N) is 1. The predicted octanol–water partition coefficient (Wildman–Crippen LogP) is 3.85. The van der Waals surface area contributed by atoms with Crippen molar-refractivity contribution in [2.75, 3.05) is 5.32 Å². The molecule has 0 saturated carbocycles. The maximum absolute atomic E-state index is 12.5. The third kappa shape index (κ3) is 2.98. The van der Waals surface area contributed by atoms with Crippen LogP contribution in [0.3, 0.4) is 0 Å². The summed E-state index contributed by atoms with van der Waals surface area (Å²) in [6.45, 7) is 0. The zero-order chi connectivity index (χ0) is 14.8. The minimum Gasteiger partial charge on any atom is -0.326 e. The number of ketones is 1. The number of aryl methyl sites for hydroxylation is 1. The van der Waals surface area contributed by atoms with E-state index >= 15 is 0 Å². The van der Waals surface area contributed by atoms with Gasteiger partial charge in [-0.2, -0.15) is 0 Å². The van der Waals surface area contributed by atoms with Gasteiger partial charge in [-0.3, -0.25) is 9.59 Å². The first-order valence-electron chi connectivity index (χ1n) is 6.86. The molecule has 21 heavy (non-hydrogen) atoms. The van der Waals surface area contributed by atoms with Crippen molar-refractivity contribution >= 4 is 29.0 Å². The smallest absolute Gasteiger partial charge is 0.224 e. The monoisotopic (exact) mass is 299 g/mol. The summed E-state index contributed by atoms with van der Waals surface area (Å²) in [6.07, 6.45) is 2.12. The van der Waals surface area contributed by atoms with Crippen LogP contribution in [-0.2, 0) is 11.2 Å². The maximum Gasteiger partial charge on any atom is 0.224 e. The first-order valence-corrected chi connectivity index (χ1v) is 7.24. The lowest BCUT2D eigenvalue weighted by molar-refractivity contribution is -0.116.